The third-order valence-corrected chi connectivity index (χ3v) is 5.58. The van der Waals surface area contributed by atoms with Crippen LogP contribution in [0.15, 0.2) is 18.2 Å². The third kappa shape index (κ3) is 11.3. The van der Waals surface area contributed by atoms with Crippen molar-refractivity contribution in [3.63, 3.8) is 0 Å². The van der Waals surface area contributed by atoms with Crippen molar-refractivity contribution in [2.75, 3.05) is 0 Å². The molecule has 0 aromatic heterocycles. The number of nitro groups is 1. The van der Waals surface area contributed by atoms with Crippen molar-refractivity contribution >= 4 is 5.69 Å². The van der Waals surface area contributed by atoms with Gasteiger partial charge in [0.15, 0.2) is 5.75 Å². The van der Waals surface area contributed by atoms with Crippen LogP contribution in [0.4, 0.5) is 5.69 Å². The van der Waals surface area contributed by atoms with Crippen LogP contribution in [-0.2, 0) is 6.42 Å². The first-order chi connectivity index (χ1) is 13.7. The van der Waals surface area contributed by atoms with E-state index < -0.39 is 4.92 Å². The van der Waals surface area contributed by atoms with Crippen LogP contribution in [0.5, 0.6) is 5.75 Å². The minimum Gasteiger partial charge on any atom is -0.502 e. The normalized spacial score (nSPS) is 11.0. The standard InChI is InChI=1S/C24H41NO3/c1-2-3-4-5-6-7-8-9-10-11-12-13-14-15-16-17-19-22-20-18-21-23(26)24(22)25(27)28/h18,20-21,26H,2-17,19H2,1H3. The van der Waals surface area contributed by atoms with Gasteiger partial charge in [0.1, 0.15) is 0 Å². The Hall–Kier alpha value is -1.58. The summed E-state index contributed by atoms with van der Waals surface area (Å²) in [6, 6.07) is 4.82. The number of nitrogens with zero attached hydrogens (tertiary/aromatic N) is 1. The van der Waals surface area contributed by atoms with Gasteiger partial charge in [0.2, 0.25) is 0 Å². The maximum atomic E-state index is 11.1. The highest BCUT2D eigenvalue weighted by molar-refractivity contribution is 5.51. The van der Waals surface area contributed by atoms with Crippen molar-refractivity contribution in [1.29, 1.82) is 0 Å². The van der Waals surface area contributed by atoms with Crippen LogP contribution in [0.1, 0.15) is 115 Å². The molecule has 1 aromatic rings. The first kappa shape index (κ1) is 24.5. The van der Waals surface area contributed by atoms with Crippen molar-refractivity contribution in [1.82, 2.24) is 0 Å². The molecule has 4 nitrogen and oxygen atoms in total. The zero-order valence-electron chi connectivity index (χ0n) is 18.0. The summed E-state index contributed by atoms with van der Waals surface area (Å²) in [6.07, 6.45) is 21.8. The molecule has 0 heterocycles. The SMILES string of the molecule is CCCCCCCCCCCCCCCCCCc1cccc(O)c1[N+](=O)[O-]. The fraction of sp³-hybridized carbons (Fsp3) is 0.750. The Balaban J connectivity index is 1.91. The minimum absolute atomic E-state index is 0.122. The summed E-state index contributed by atoms with van der Waals surface area (Å²) >= 11 is 0. The lowest BCUT2D eigenvalue weighted by Gasteiger charge is -2.05. The Morgan fingerprint density at radius 3 is 1.61 bits per heavy atom. The van der Waals surface area contributed by atoms with Crippen LogP contribution in [0.25, 0.3) is 0 Å². The summed E-state index contributed by atoms with van der Waals surface area (Å²) in [6.45, 7) is 2.27. The molecule has 0 radical (unpaired) electrons. The molecule has 1 rings (SSSR count). The molecule has 1 N–H and O–H groups in total. The number of unbranched alkanes of at least 4 members (excludes halogenated alkanes) is 15. The van der Waals surface area contributed by atoms with E-state index in [1.165, 1.54) is 96.0 Å². The lowest BCUT2D eigenvalue weighted by molar-refractivity contribution is -0.386. The van der Waals surface area contributed by atoms with E-state index in [0.29, 0.717) is 12.0 Å². The number of rotatable bonds is 18. The second-order valence-corrected chi connectivity index (χ2v) is 8.10. The van der Waals surface area contributed by atoms with Gasteiger partial charge in [0.25, 0.3) is 0 Å². The van der Waals surface area contributed by atoms with Crippen LogP contribution >= 0.6 is 0 Å². The lowest BCUT2D eigenvalue weighted by atomic mass is 10.0. The molecular weight excluding hydrogens is 350 g/mol. The summed E-state index contributed by atoms with van der Waals surface area (Å²) < 4.78 is 0. The summed E-state index contributed by atoms with van der Waals surface area (Å²) in [5.41, 5.74) is 0.527. The van der Waals surface area contributed by atoms with E-state index >= 15 is 0 Å². The smallest absolute Gasteiger partial charge is 0.313 e. The number of para-hydroxylation sites is 1. The largest absolute Gasteiger partial charge is 0.502 e. The third-order valence-electron chi connectivity index (χ3n) is 5.58. The average Bonchev–Trinajstić information content (AvgIpc) is 2.67. The predicted molar refractivity (Wildman–Crippen MR) is 118 cm³/mol. The van der Waals surface area contributed by atoms with Gasteiger partial charge in [-0.3, -0.25) is 10.1 Å². The van der Waals surface area contributed by atoms with E-state index in [9.17, 15) is 15.2 Å². The number of hydrogen-bond donors (Lipinski definition) is 1. The van der Waals surface area contributed by atoms with Crippen molar-refractivity contribution in [2.24, 2.45) is 0 Å². The number of benzene rings is 1. The minimum atomic E-state index is -0.475. The van der Waals surface area contributed by atoms with Gasteiger partial charge in [-0.1, -0.05) is 115 Å². The van der Waals surface area contributed by atoms with Gasteiger partial charge in [-0.05, 0) is 18.9 Å². The summed E-state index contributed by atoms with van der Waals surface area (Å²) in [5.74, 6) is -0.223. The maximum Gasteiger partial charge on any atom is 0.313 e. The van der Waals surface area contributed by atoms with Gasteiger partial charge >= 0.3 is 5.69 Å². The summed E-state index contributed by atoms with van der Waals surface area (Å²) in [4.78, 5) is 10.6. The van der Waals surface area contributed by atoms with Crippen molar-refractivity contribution in [3.8, 4) is 5.75 Å². The second kappa shape index (κ2) is 16.4. The Morgan fingerprint density at radius 1 is 0.750 bits per heavy atom. The molecule has 0 fully saturated rings. The molecule has 0 aliphatic heterocycles. The molecular formula is C24H41NO3. The number of aryl methyl sites for hydroxylation is 1. The van der Waals surface area contributed by atoms with Crippen LogP contribution in [0.3, 0.4) is 0 Å². The molecule has 28 heavy (non-hydrogen) atoms. The molecule has 0 unspecified atom stereocenters. The zero-order valence-corrected chi connectivity index (χ0v) is 18.0. The van der Waals surface area contributed by atoms with E-state index in [4.69, 9.17) is 0 Å². The summed E-state index contributed by atoms with van der Waals surface area (Å²) in [7, 11) is 0. The maximum absolute atomic E-state index is 11.1. The molecule has 0 bridgehead atoms. The van der Waals surface area contributed by atoms with E-state index in [2.05, 4.69) is 6.92 Å². The highest BCUT2D eigenvalue weighted by atomic mass is 16.6. The van der Waals surface area contributed by atoms with Gasteiger partial charge < -0.3 is 5.11 Å². The van der Waals surface area contributed by atoms with Crippen LogP contribution < -0.4 is 0 Å². The van der Waals surface area contributed by atoms with E-state index in [1.807, 2.05) is 0 Å². The Bertz CT molecular complexity index is 531. The highest BCUT2D eigenvalue weighted by Crippen LogP contribution is 2.30. The van der Waals surface area contributed by atoms with Gasteiger partial charge in [-0.2, -0.15) is 0 Å². The van der Waals surface area contributed by atoms with Crippen molar-refractivity contribution in [3.05, 3.63) is 33.9 Å². The van der Waals surface area contributed by atoms with Crippen LogP contribution in [0.2, 0.25) is 0 Å². The monoisotopic (exact) mass is 391 g/mol. The molecule has 160 valence electrons. The number of phenolic OH excluding ortho intramolecular Hbond substituents is 1. The second-order valence-electron chi connectivity index (χ2n) is 8.10. The number of aromatic hydroxyl groups is 1. The summed E-state index contributed by atoms with van der Waals surface area (Å²) in [5, 5.41) is 20.7. The van der Waals surface area contributed by atoms with Crippen LogP contribution in [0, 0.1) is 10.1 Å². The fourth-order valence-electron chi connectivity index (χ4n) is 3.85. The fourth-order valence-corrected chi connectivity index (χ4v) is 3.85. The first-order valence-corrected chi connectivity index (χ1v) is 11.6. The number of hydrogen-bond acceptors (Lipinski definition) is 3. The molecule has 0 saturated carbocycles. The number of nitro benzene ring substituents is 1. The zero-order chi connectivity index (χ0) is 20.5. The molecule has 0 amide bonds. The Labute approximate surface area is 171 Å². The van der Waals surface area contributed by atoms with E-state index in [1.54, 1.807) is 12.1 Å². The van der Waals surface area contributed by atoms with Crippen LogP contribution in [-0.4, -0.2) is 10.0 Å². The van der Waals surface area contributed by atoms with E-state index in [-0.39, 0.29) is 11.4 Å². The van der Waals surface area contributed by atoms with Gasteiger partial charge in [-0.15, -0.1) is 0 Å². The highest BCUT2D eigenvalue weighted by Gasteiger charge is 2.18. The lowest BCUT2D eigenvalue weighted by Crippen LogP contribution is -1.96. The molecule has 0 aliphatic rings. The predicted octanol–water partition coefficient (Wildman–Crippen LogP) is 8.10. The van der Waals surface area contributed by atoms with Gasteiger partial charge in [0.05, 0.1) is 4.92 Å². The molecule has 4 heteroatoms. The average molecular weight is 392 g/mol. The molecule has 0 atom stereocenters. The Morgan fingerprint density at radius 2 is 1.18 bits per heavy atom. The van der Waals surface area contributed by atoms with Gasteiger partial charge in [0, 0.05) is 5.56 Å². The van der Waals surface area contributed by atoms with Gasteiger partial charge in [-0.25, -0.2) is 0 Å². The molecule has 1 aromatic carbocycles. The molecule has 0 spiro atoms. The topological polar surface area (TPSA) is 63.4 Å². The quantitative estimate of drug-likeness (QED) is 0.156. The van der Waals surface area contributed by atoms with Crippen molar-refractivity contribution < 1.29 is 10.0 Å². The van der Waals surface area contributed by atoms with Crippen molar-refractivity contribution in [2.45, 2.75) is 116 Å². The van der Waals surface area contributed by atoms with E-state index in [0.717, 1.165) is 12.8 Å². The molecule has 0 aliphatic carbocycles. The first-order valence-electron chi connectivity index (χ1n) is 11.6. The molecule has 0 saturated heterocycles. The Kier molecular flexibility index (Phi) is 14.3. The number of phenols is 1.